The molecule has 1 aliphatic heterocycles. The number of carbonyl (C=O) groups excluding carboxylic acids is 1. The number of nitrogens with zero attached hydrogens (tertiary/aromatic N) is 5. The summed E-state index contributed by atoms with van der Waals surface area (Å²) in [4.78, 5) is 27.0. The number of nitrogen functional groups attached to an aromatic ring is 1. The Hall–Kier alpha value is -3.43. The topological polar surface area (TPSA) is 176 Å². The summed E-state index contributed by atoms with van der Waals surface area (Å²) in [6.45, 7) is 9.21. The molecule has 1 fully saturated rings. The second kappa shape index (κ2) is 12.9. The van der Waals surface area contributed by atoms with Gasteiger partial charge in [0.1, 0.15) is 18.4 Å². The number of halogens is 2. The van der Waals surface area contributed by atoms with E-state index in [1.54, 1.807) is 32.0 Å². The standard InChI is InChI=1S/C27H38F2N7O7P/c1-7-35(8-2)20-19-21(33-25(30)32-20)36(15-31-19)24-26(6,28)23(38)27(29,42-24)14-40-44(39,43-18-12-10-9-11-13-18)34-17(5)22(37)41-16(3)4/h9-13,15-17,23-24,38H,7-8,14H2,1-6H3,(H,34,39)(H2,30,32,33)/t17-,23-,24+,26+,27+,44+/m0/s1. The second-order valence-corrected chi connectivity index (χ2v) is 12.4. The third-order valence-corrected chi connectivity index (χ3v) is 8.55. The third-order valence-electron chi connectivity index (χ3n) is 6.93. The van der Waals surface area contributed by atoms with Gasteiger partial charge < -0.3 is 29.7 Å². The number of nitrogens with two attached hydrogens (primary N) is 1. The smallest absolute Gasteiger partial charge is 0.459 e. The highest BCUT2D eigenvalue weighted by Crippen LogP contribution is 2.52. The van der Waals surface area contributed by atoms with Crippen LogP contribution in [0.15, 0.2) is 36.7 Å². The molecule has 6 atom stereocenters. The number of alkyl halides is 2. The van der Waals surface area contributed by atoms with Crippen molar-refractivity contribution < 1.29 is 41.8 Å². The molecule has 14 nitrogen and oxygen atoms in total. The Morgan fingerprint density at radius 1 is 1.23 bits per heavy atom. The highest BCUT2D eigenvalue weighted by Gasteiger charge is 2.65. The van der Waals surface area contributed by atoms with Crippen LogP contribution in [-0.2, 0) is 23.4 Å². The Kier molecular flexibility index (Phi) is 9.81. The molecular weight excluding hydrogens is 603 g/mol. The number of fused-ring (bicyclic) bond motifs is 1. The molecule has 1 saturated heterocycles. The van der Waals surface area contributed by atoms with E-state index in [-0.39, 0.29) is 22.9 Å². The van der Waals surface area contributed by atoms with E-state index in [1.165, 1.54) is 25.4 Å². The number of aromatic nitrogens is 4. The number of imidazole rings is 1. The highest BCUT2D eigenvalue weighted by molar-refractivity contribution is 7.52. The van der Waals surface area contributed by atoms with Crippen molar-refractivity contribution in [2.24, 2.45) is 0 Å². The van der Waals surface area contributed by atoms with E-state index in [9.17, 15) is 14.5 Å². The monoisotopic (exact) mass is 641 g/mol. The molecule has 1 aromatic carbocycles. The minimum absolute atomic E-state index is 0.0443. The van der Waals surface area contributed by atoms with Gasteiger partial charge in [0, 0.05) is 13.1 Å². The molecule has 4 N–H and O–H groups in total. The molecule has 2 aromatic heterocycles. The molecule has 0 spiro atoms. The zero-order valence-electron chi connectivity index (χ0n) is 25.3. The van der Waals surface area contributed by atoms with Crippen molar-refractivity contribution in [1.82, 2.24) is 24.6 Å². The summed E-state index contributed by atoms with van der Waals surface area (Å²) in [5, 5.41) is 13.3. The van der Waals surface area contributed by atoms with Gasteiger partial charge in [-0.05, 0) is 53.7 Å². The molecule has 0 amide bonds. The van der Waals surface area contributed by atoms with Gasteiger partial charge in [0.15, 0.2) is 35.0 Å². The summed E-state index contributed by atoms with van der Waals surface area (Å²) in [6.07, 6.45) is -3.54. The number of rotatable bonds is 13. The van der Waals surface area contributed by atoms with Crippen LogP contribution in [0.2, 0.25) is 0 Å². The average molecular weight is 642 g/mol. The van der Waals surface area contributed by atoms with Crippen LogP contribution in [0.1, 0.15) is 47.8 Å². The second-order valence-electron chi connectivity index (χ2n) is 10.7. The van der Waals surface area contributed by atoms with E-state index in [4.69, 9.17) is 24.3 Å². The Bertz CT molecular complexity index is 1510. The van der Waals surface area contributed by atoms with Gasteiger partial charge in [0.25, 0.3) is 5.85 Å². The maximum Gasteiger partial charge on any atom is 0.459 e. The number of carbonyl (C=O) groups is 1. The maximum atomic E-state index is 16.3. The molecule has 1 aliphatic rings. The van der Waals surface area contributed by atoms with Crippen molar-refractivity contribution in [1.29, 1.82) is 0 Å². The Morgan fingerprint density at radius 3 is 2.50 bits per heavy atom. The fraction of sp³-hybridized carbons (Fsp3) is 0.556. The molecule has 0 unspecified atom stereocenters. The van der Waals surface area contributed by atoms with Crippen LogP contribution in [-0.4, -0.2) is 80.1 Å². The number of ether oxygens (including phenoxy) is 2. The van der Waals surface area contributed by atoms with E-state index in [0.29, 0.717) is 18.9 Å². The van der Waals surface area contributed by atoms with Crippen LogP contribution in [0.3, 0.4) is 0 Å². The van der Waals surface area contributed by atoms with Crippen LogP contribution in [0.5, 0.6) is 5.75 Å². The molecular formula is C27H38F2N7O7P. The Labute approximate surface area is 253 Å². The fourth-order valence-corrected chi connectivity index (χ4v) is 6.21. The number of hydrogen-bond acceptors (Lipinski definition) is 12. The van der Waals surface area contributed by atoms with Crippen LogP contribution < -0.4 is 20.2 Å². The molecule has 3 heterocycles. The Balaban J connectivity index is 1.63. The molecule has 4 rings (SSSR count). The van der Waals surface area contributed by atoms with Crippen molar-refractivity contribution in [3.63, 3.8) is 0 Å². The van der Waals surface area contributed by atoms with E-state index in [2.05, 4.69) is 20.0 Å². The summed E-state index contributed by atoms with van der Waals surface area (Å²) in [6, 6.07) is 6.55. The van der Waals surface area contributed by atoms with Crippen LogP contribution >= 0.6 is 7.75 Å². The van der Waals surface area contributed by atoms with Crippen LogP contribution in [0.4, 0.5) is 20.5 Å². The fourth-order valence-electron chi connectivity index (χ4n) is 4.70. The predicted octanol–water partition coefficient (Wildman–Crippen LogP) is 3.67. The SMILES string of the molecule is CCN(CC)c1nc(N)nc2c1ncn2[C@@H]1O[C@](F)(CO[P@](=O)(N[C@@H](C)C(=O)OC(C)C)Oc2ccccc2)[C@@H](O)[C@@]1(C)F. The van der Waals surface area contributed by atoms with E-state index in [1.807, 2.05) is 18.7 Å². The van der Waals surface area contributed by atoms with Crippen molar-refractivity contribution in [3.05, 3.63) is 36.7 Å². The largest absolute Gasteiger partial charge is 0.462 e. The molecule has 17 heteroatoms. The molecule has 0 aliphatic carbocycles. The summed E-state index contributed by atoms with van der Waals surface area (Å²) in [7, 11) is -4.57. The lowest BCUT2D eigenvalue weighted by atomic mass is 9.97. The maximum absolute atomic E-state index is 16.3. The van der Waals surface area contributed by atoms with Gasteiger partial charge >= 0.3 is 13.7 Å². The molecule has 0 bridgehead atoms. The number of anilines is 2. The van der Waals surface area contributed by atoms with E-state index >= 15 is 8.78 Å². The number of aliphatic hydroxyl groups excluding tert-OH is 1. The Morgan fingerprint density at radius 2 is 1.89 bits per heavy atom. The van der Waals surface area contributed by atoms with Crippen molar-refractivity contribution in [2.75, 3.05) is 30.3 Å². The van der Waals surface area contributed by atoms with Gasteiger partial charge in [-0.25, -0.2) is 18.3 Å². The predicted molar refractivity (Wildman–Crippen MR) is 157 cm³/mol. The van der Waals surface area contributed by atoms with Crippen molar-refractivity contribution in [3.8, 4) is 5.75 Å². The van der Waals surface area contributed by atoms with Crippen molar-refractivity contribution >= 4 is 36.6 Å². The number of nitrogens with one attached hydrogen (secondary N) is 1. The average Bonchev–Trinajstić information content (AvgIpc) is 3.45. The minimum atomic E-state index is -4.57. The number of benzene rings is 1. The normalized spacial score (nSPS) is 25.6. The number of para-hydroxylation sites is 1. The quantitative estimate of drug-likeness (QED) is 0.182. The van der Waals surface area contributed by atoms with Gasteiger partial charge in [0.2, 0.25) is 5.95 Å². The van der Waals surface area contributed by atoms with Gasteiger partial charge in [0.05, 0.1) is 12.4 Å². The van der Waals surface area contributed by atoms with Crippen LogP contribution in [0, 0.1) is 0 Å². The number of aliphatic hydroxyl groups is 1. The summed E-state index contributed by atoms with van der Waals surface area (Å²) in [5.41, 5.74) is 3.47. The number of esters is 1. The highest BCUT2D eigenvalue weighted by atomic mass is 31.2. The molecule has 242 valence electrons. The molecule has 0 radical (unpaired) electrons. The van der Waals surface area contributed by atoms with Gasteiger partial charge in [-0.3, -0.25) is 13.9 Å². The number of hydrogen-bond donors (Lipinski definition) is 3. The summed E-state index contributed by atoms with van der Waals surface area (Å²) < 4.78 is 68.9. The first-order valence-corrected chi connectivity index (χ1v) is 15.6. The van der Waals surface area contributed by atoms with E-state index in [0.717, 1.165) is 11.5 Å². The first-order chi connectivity index (χ1) is 20.6. The molecule has 0 saturated carbocycles. The van der Waals surface area contributed by atoms with Gasteiger partial charge in [-0.15, -0.1) is 0 Å². The zero-order chi connectivity index (χ0) is 32.4. The first kappa shape index (κ1) is 33.5. The van der Waals surface area contributed by atoms with Gasteiger partial charge in [-0.2, -0.15) is 15.1 Å². The summed E-state index contributed by atoms with van der Waals surface area (Å²) >= 11 is 0. The van der Waals surface area contributed by atoms with Gasteiger partial charge in [-0.1, -0.05) is 18.2 Å². The lowest BCUT2D eigenvalue weighted by molar-refractivity contribution is -0.202. The lowest BCUT2D eigenvalue weighted by Gasteiger charge is -2.28. The van der Waals surface area contributed by atoms with Crippen LogP contribution in [0.25, 0.3) is 11.2 Å². The molecule has 44 heavy (non-hydrogen) atoms. The zero-order valence-corrected chi connectivity index (χ0v) is 26.2. The third kappa shape index (κ3) is 6.79. The first-order valence-electron chi connectivity index (χ1n) is 14.1. The lowest BCUT2D eigenvalue weighted by Crippen LogP contribution is -2.47. The minimum Gasteiger partial charge on any atom is -0.462 e. The summed E-state index contributed by atoms with van der Waals surface area (Å²) in [5.74, 6) is -3.70. The van der Waals surface area contributed by atoms with Crippen molar-refractivity contribution in [2.45, 2.75) is 77.5 Å². The molecule has 3 aromatic rings. The van der Waals surface area contributed by atoms with E-state index < -0.39 is 56.3 Å².